The largest absolute Gasteiger partial charge is 0.435 e. The van der Waals surface area contributed by atoms with Gasteiger partial charge in [-0.3, -0.25) is 5.10 Å². The summed E-state index contributed by atoms with van der Waals surface area (Å²) >= 11 is 0. The molecule has 3 aromatic heterocycles. The van der Waals surface area contributed by atoms with E-state index in [1.807, 2.05) is 20.8 Å². The molecule has 1 aliphatic rings. The van der Waals surface area contributed by atoms with Crippen LogP contribution >= 0.6 is 0 Å². The molecule has 1 saturated heterocycles. The van der Waals surface area contributed by atoms with Crippen molar-refractivity contribution >= 4 is 17.0 Å². The summed E-state index contributed by atoms with van der Waals surface area (Å²) in [7, 11) is 0. The van der Waals surface area contributed by atoms with Crippen molar-refractivity contribution in [2.75, 3.05) is 18.0 Å². The third-order valence-electron chi connectivity index (χ3n) is 4.85. The van der Waals surface area contributed by atoms with E-state index in [-0.39, 0.29) is 17.5 Å². The van der Waals surface area contributed by atoms with Crippen molar-refractivity contribution in [1.29, 1.82) is 0 Å². The Kier molecular flexibility index (Phi) is 4.31. The third-order valence-corrected chi connectivity index (χ3v) is 4.85. The number of hydrogen-bond donors (Lipinski definition) is 1. The van der Waals surface area contributed by atoms with E-state index in [2.05, 4.69) is 25.1 Å². The molecule has 1 fully saturated rings. The Hall–Kier alpha value is -2.65. The van der Waals surface area contributed by atoms with E-state index in [1.54, 1.807) is 4.57 Å². The Morgan fingerprint density at radius 2 is 1.82 bits per heavy atom. The van der Waals surface area contributed by atoms with Crippen LogP contribution in [0.25, 0.3) is 11.2 Å². The zero-order valence-corrected chi connectivity index (χ0v) is 16.0. The molecule has 7 nitrogen and oxygen atoms in total. The van der Waals surface area contributed by atoms with Gasteiger partial charge in [-0.15, -0.1) is 0 Å². The maximum atomic E-state index is 13.2. The fourth-order valence-electron chi connectivity index (χ4n) is 3.39. The SMILES string of the molecule is CC(C)(C)c1nc(N2CCCC2)c2ncn(Cc3c[nH]nc3C(F)(F)F)c2n1. The van der Waals surface area contributed by atoms with Gasteiger partial charge in [-0.1, -0.05) is 20.8 Å². The van der Waals surface area contributed by atoms with Crippen LogP contribution in [-0.2, 0) is 18.1 Å². The molecule has 4 heterocycles. The maximum Gasteiger partial charge on any atom is 0.435 e. The molecule has 10 heteroatoms. The smallest absolute Gasteiger partial charge is 0.355 e. The lowest BCUT2D eigenvalue weighted by Crippen LogP contribution is -2.24. The fourth-order valence-corrected chi connectivity index (χ4v) is 3.39. The molecule has 3 aromatic rings. The first kappa shape index (κ1) is 18.7. The zero-order chi connectivity index (χ0) is 20.1. The minimum absolute atomic E-state index is 0.0259. The predicted octanol–water partition coefficient (Wildman–Crippen LogP) is 3.51. The summed E-state index contributed by atoms with van der Waals surface area (Å²) in [6, 6.07) is 0. The van der Waals surface area contributed by atoms with Crippen LogP contribution in [0.1, 0.15) is 50.7 Å². The third kappa shape index (κ3) is 3.31. The van der Waals surface area contributed by atoms with E-state index in [1.165, 1.54) is 12.5 Å². The van der Waals surface area contributed by atoms with Crippen LogP contribution in [-0.4, -0.2) is 42.8 Å². The normalized spacial score (nSPS) is 15.7. The van der Waals surface area contributed by atoms with E-state index in [0.29, 0.717) is 17.0 Å². The highest BCUT2D eigenvalue weighted by Gasteiger charge is 2.36. The summed E-state index contributed by atoms with van der Waals surface area (Å²) in [6.07, 6.45) is 0.445. The molecule has 1 aliphatic heterocycles. The van der Waals surface area contributed by atoms with Gasteiger partial charge in [-0.25, -0.2) is 15.0 Å². The zero-order valence-electron chi connectivity index (χ0n) is 16.0. The summed E-state index contributed by atoms with van der Waals surface area (Å²) < 4.78 is 41.2. The number of hydrogen-bond acceptors (Lipinski definition) is 5. The molecule has 0 aliphatic carbocycles. The van der Waals surface area contributed by atoms with Gasteiger partial charge in [-0.2, -0.15) is 18.3 Å². The summed E-state index contributed by atoms with van der Waals surface area (Å²) in [5.41, 5.74) is -0.0161. The topological polar surface area (TPSA) is 75.5 Å². The van der Waals surface area contributed by atoms with Gasteiger partial charge in [0.2, 0.25) is 0 Å². The van der Waals surface area contributed by atoms with Crippen LogP contribution in [0.4, 0.5) is 19.0 Å². The van der Waals surface area contributed by atoms with Gasteiger partial charge in [0.1, 0.15) is 5.82 Å². The van der Waals surface area contributed by atoms with Crippen molar-refractivity contribution in [3.05, 3.63) is 29.6 Å². The molecule has 1 N–H and O–H groups in total. The minimum atomic E-state index is -4.52. The molecule has 0 radical (unpaired) electrons. The Labute approximate surface area is 160 Å². The monoisotopic (exact) mass is 393 g/mol. The first-order valence-electron chi connectivity index (χ1n) is 9.23. The van der Waals surface area contributed by atoms with Gasteiger partial charge in [0.25, 0.3) is 0 Å². The van der Waals surface area contributed by atoms with E-state index in [0.717, 1.165) is 31.7 Å². The predicted molar refractivity (Wildman–Crippen MR) is 98.2 cm³/mol. The van der Waals surface area contributed by atoms with Crippen LogP contribution in [0.2, 0.25) is 0 Å². The standard InChI is InChI=1S/C18H22F3N7/c1-17(2,3)16-24-14(27-6-4-5-7-27)12-15(25-16)28(10-22-12)9-11-8-23-26-13(11)18(19,20)21/h8,10H,4-7,9H2,1-3H3,(H,23,26). The molecule has 0 aromatic carbocycles. The van der Waals surface area contributed by atoms with Gasteiger partial charge in [0.05, 0.1) is 12.9 Å². The number of halogens is 3. The molecule has 0 unspecified atom stereocenters. The highest BCUT2D eigenvalue weighted by Crippen LogP contribution is 2.32. The number of fused-ring (bicyclic) bond motifs is 1. The minimum Gasteiger partial charge on any atom is -0.355 e. The number of alkyl halides is 3. The van der Waals surface area contributed by atoms with Crippen molar-refractivity contribution in [2.45, 2.75) is 51.7 Å². The average Bonchev–Trinajstić information content (AvgIpc) is 3.34. The average molecular weight is 393 g/mol. The maximum absolute atomic E-state index is 13.2. The Balaban J connectivity index is 1.82. The summed E-state index contributed by atoms with van der Waals surface area (Å²) in [4.78, 5) is 16.0. The van der Waals surface area contributed by atoms with Crippen molar-refractivity contribution in [3.8, 4) is 0 Å². The van der Waals surface area contributed by atoms with Crippen molar-refractivity contribution in [3.63, 3.8) is 0 Å². The lowest BCUT2D eigenvalue weighted by molar-refractivity contribution is -0.141. The Morgan fingerprint density at radius 3 is 2.46 bits per heavy atom. The quantitative estimate of drug-likeness (QED) is 0.737. The molecule has 4 rings (SSSR count). The Bertz CT molecular complexity index is 991. The number of nitrogens with one attached hydrogen (secondary N) is 1. The highest BCUT2D eigenvalue weighted by atomic mass is 19.4. The van der Waals surface area contributed by atoms with Crippen molar-refractivity contribution < 1.29 is 13.2 Å². The first-order valence-corrected chi connectivity index (χ1v) is 9.23. The molecule has 28 heavy (non-hydrogen) atoms. The van der Waals surface area contributed by atoms with Crippen LogP contribution in [0, 0.1) is 0 Å². The lowest BCUT2D eigenvalue weighted by Gasteiger charge is -2.22. The molecule has 0 amide bonds. The number of imidazole rings is 1. The van der Waals surface area contributed by atoms with E-state index < -0.39 is 11.9 Å². The molecule has 0 bridgehead atoms. The number of rotatable bonds is 3. The number of aromatic amines is 1. The number of anilines is 1. The number of H-pyrrole nitrogens is 1. The molecule has 0 saturated carbocycles. The van der Waals surface area contributed by atoms with Gasteiger partial charge in [-0.05, 0) is 12.8 Å². The summed E-state index contributed by atoms with van der Waals surface area (Å²) in [6.45, 7) is 7.80. The van der Waals surface area contributed by atoms with E-state index >= 15 is 0 Å². The van der Waals surface area contributed by atoms with Crippen molar-refractivity contribution in [1.82, 2.24) is 29.7 Å². The van der Waals surface area contributed by atoms with E-state index in [4.69, 9.17) is 4.98 Å². The van der Waals surface area contributed by atoms with Crippen LogP contribution in [0.5, 0.6) is 0 Å². The van der Waals surface area contributed by atoms with Gasteiger partial charge in [0, 0.05) is 30.3 Å². The summed E-state index contributed by atoms with van der Waals surface area (Å²) in [5, 5.41) is 5.67. The van der Waals surface area contributed by atoms with Crippen LogP contribution < -0.4 is 4.90 Å². The fraction of sp³-hybridized carbons (Fsp3) is 0.556. The molecule has 0 spiro atoms. The molecule has 150 valence electrons. The second-order valence-corrected chi connectivity index (χ2v) is 8.12. The van der Waals surface area contributed by atoms with E-state index in [9.17, 15) is 13.2 Å². The van der Waals surface area contributed by atoms with Crippen LogP contribution in [0.3, 0.4) is 0 Å². The van der Waals surface area contributed by atoms with Crippen LogP contribution in [0.15, 0.2) is 12.5 Å². The second kappa shape index (κ2) is 6.46. The van der Waals surface area contributed by atoms with Gasteiger partial charge >= 0.3 is 6.18 Å². The lowest BCUT2D eigenvalue weighted by atomic mass is 9.96. The van der Waals surface area contributed by atoms with Crippen molar-refractivity contribution in [2.24, 2.45) is 0 Å². The second-order valence-electron chi connectivity index (χ2n) is 8.12. The first-order chi connectivity index (χ1) is 13.1. The Morgan fingerprint density at radius 1 is 1.11 bits per heavy atom. The van der Waals surface area contributed by atoms with Gasteiger partial charge in [0.15, 0.2) is 22.7 Å². The number of nitrogens with zero attached hydrogens (tertiary/aromatic N) is 6. The molecular formula is C18H22F3N7. The molecule has 0 atom stereocenters. The summed E-state index contributed by atoms with van der Waals surface area (Å²) in [5.74, 6) is 1.40. The highest BCUT2D eigenvalue weighted by molar-refractivity contribution is 5.84. The number of aromatic nitrogens is 6. The van der Waals surface area contributed by atoms with Gasteiger partial charge < -0.3 is 9.47 Å². The molecular weight excluding hydrogens is 371 g/mol.